The number of nitrogens with one attached hydrogen (secondary N) is 3. The van der Waals surface area contributed by atoms with Gasteiger partial charge in [-0.3, -0.25) is 9.89 Å². The van der Waals surface area contributed by atoms with Gasteiger partial charge in [0.25, 0.3) is 0 Å². The van der Waals surface area contributed by atoms with Gasteiger partial charge < -0.3 is 10.6 Å². The van der Waals surface area contributed by atoms with Crippen LogP contribution in [0.4, 0.5) is 0 Å². The van der Waals surface area contributed by atoms with Crippen molar-refractivity contribution in [2.24, 2.45) is 4.99 Å². The van der Waals surface area contributed by atoms with Crippen molar-refractivity contribution in [3.63, 3.8) is 0 Å². The number of benzene rings is 1. The normalized spacial score (nSPS) is 18.6. The van der Waals surface area contributed by atoms with Gasteiger partial charge >= 0.3 is 0 Å². The second-order valence-corrected chi connectivity index (χ2v) is 8.79. The SMILES string of the molecule is CCNC(=NCC1CCCN1Cc1ccccc1)NCCNS(=O)(=O)CC. The summed E-state index contributed by atoms with van der Waals surface area (Å²) in [4.78, 5) is 7.21. The highest BCUT2D eigenvalue weighted by Crippen LogP contribution is 2.20. The molecule has 1 aliphatic heterocycles. The van der Waals surface area contributed by atoms with Crippen LogP contribution in [-0.4, -0.2) is 63.8 Å². The summed E-state index contributed by atoms with van der Waals surface area (Å²) in [5, 5.41) is 6.43. The Labute approximate surface area is 163 Å². The molecule has 0 spiro atoms. The predicted molar refractivity (Wildman–Crippen MR) is 111 cm³/mol. The fourth-order valence-corrected chi connectivity index (χ4v) is 3.77. The van der Waals surface area contributed by atoms with Crippen molar-refractivity contribution in [3.8, 4) is 0 Å². The molecule has 0 saturated carbocycles. The molecular formula is C19H33N5O2S. The fraction of sp³-hybridized carbons (Fsp3) is 0.632. The lowest BCUT2D eigenvalue weighted by Gasteiger charge is -2.23. The van der Waals surface area contributed by atoms with Gasteiger partial charge in [-0.1, -0.05) is 30.3 Å². The third-order valence-corrected chi connectivity index (χ3v) is 6.06. The third-order valence-electron chi connectivity index (χ3n) is 4.65. The van der Waals surface area contributed by atoms with E-state index in [-0.39, 0.29) is 5.75 Å². The summed E-state index contributed by atoms with van der Waals surface area (Å²) in [6.45, 7) is 8.08. The molecule has 1 heterocycles. The summed E-state index contributed by atoms with van der Waals surface area (Å²) < 4.78 is 25.5. The Morgan fingerprint density at radius 1 is 1.19 bits per heavy atom. The van der Waals surface area contributed by atoms with Gasteiger partial charge in [0.15, 0.2) is 5.96 Å². The zero-order chi connectivity index (χ0) is 19.5. The van der Waals surface area contributed by atoms with Crippen molar-refractivity contribution in [1.29, 1.82) is 0 Å². The summed E-state index contributed by atoms with van der Waals surface area (Å²) in [5.41, 5.74) is 1.33. The van der Waals surface area contributed by atoms with Gasteiger partial charge in [-0.25, -0.2) is 13.1 Å². The highest BCUT2D eigenvalue weighted by molar-refractivity contribution is 7.89. The first kappa shape index (κ1) is 21.7. The maximum atomic E-state index is 11.5. The molecule has 1 atom stereocenters. The zero-order valence-electron chi connectivity index (χ0n) is 16.4. The molecule has 1 saturated heterocycles. The van der Waals surface area contributed by atoms with Gasteiger partial charge in [-0.15, -0.1) is 0 Å². The van der Waals surface area contributed by atoms with Crippen LogP contribution in [0.1, 0.15) is 32.3 Å². The standard InChI is InChI=1S/C19H33N5O2S/c1-3-20-19(21-12-13-23-27(25,26)4-2)22-15-18-11-8-14-24(18)16-17-9-6-5-7-10-17/h5-7,9-10,18,23H,3-4,8,11-16H2,1-2H3,(H2,20,21,22). The molecule has 0 aromatic heterocycles. The molecule has 0 radical (unpaired) electrons. The Morgan fingerprint density at radius 3 is 2.67 bits per heavy atom. The third kappa shape index (κ3) is 7.86. The molecule has 0 bridgehead atoms. The quantitative estimate of drug-likeness (QED) is 0.314. The molecule has 0 aliphatic carbocycles. The van der Waals surface area contributed by atoms with Gasteiger partial charge in [-0.2, -0.15) is 0 Å². The van der Waals surface area contributed by atoms with Crippen molar-refractivity contribution in [3.05, 3.63) is 35.9 Å². The number of hydrogen-bond acceptors (Lipinski definition) is 4. The first-order valence-electron chi connectivity index (χ1n) is 9.81. The number of aliphatic imine (C=N–C) groups is 1. The van der Waals surface area contributed by atoms with Crippen molar-refractivity contribution in [1.82, 2.24) is 20.3 Å². The van der Waals surface area contributed by atoms with Crippen LogP contribution in [0.3, 0.4) is 0 Å². The minimum atomic E-state index is -3.15. The van der Waals surface area contributed by atoms with Crippen LogP contribution in [0, 0.1) is 0 Å². The van der Waals surface area contributed by atoms with E-state index in [0.29, 0.717) is 19.1 Å². The second kappa shape index (κ2) is 11.3. The molecule has 7 nitrogen and oxygen atoms in total. The molecule has 1 unspecified atom stereocenters. The summed E-state index contributed by atoms with van der Waals surface area (Å²) in [5.74, 6) is 0.833. The van der Waals surface area contributed by atoms with Crippen LogP contribution in [-0.2, 0) is 16.6 Å². The molecule has 2 rings (SSSR count). The lowest BCUT2D eigenvalue weighted by atomic mass is 10.2. The molecule has 1 aromatic carbocycles. The van der Waals surface area contributed by atoms with E-state index in [9.17, 15) is 8.42 Å². The lowest BCUT2D eigenvalue weighted by Crippen LogP contribution is -2.42. The van der Waals surface area contributed by atoms with Crippen molar-refractivity contribution < 1.29 is 8.42 Å². The topological polar surface area (TPSA) is 85.8 Å². The molecular weight excluding hydrogens is 362 g/mol. The van der Waals surface area contributed by atoms with Crippen LogP contribution in [0.2, 0.25) is 0 Å². The maximum Gasteiger partial charge on any atom is 0.211 e. The predicted octanol–water partition coefficient (Wildman–Crippen LogP) is 1.15. The molecule has 0 amide bonds. The molecule has 152 valence electrons. The number of guanidine groups is 1. The summed E-state index contributed by atoms with van der Waals surface area (Å²) >= 11 is 0. The highest BCUT2D eigenvalue weighted by atomic mass is 32.2. The summed E-state index contributed by atoms with van der Waals surface area (Å²) in [7, 11) is -3.15. The Bertz CT molecular complexity index is 679. The van der Waals surface area contributed by atoms with Gasteiger partial charge in [0.1, 0.15) is 0 Å². The van der Waals surface area contributed by atoms with E-state index in [1.54, 1.807) is 6.92 Å². The molecule has 3 N–H and O–H groups in total. The molecule has 8 heteroatoms. The minimum absolute atomic E-state index is 0.0973. The van der Waals surface area contributed by atoms with Crippen LogP contribution in [0.25, 0.3) is 0 Å². The van der Waals surface area contributed by atoms with E-state index in [1.165, 1.54) is 12.0 Å². The molecule has 27 heavy (non-hydrogen) atoms. The summed E-state index contributed by atoms with van der Waals surface area (Å²) in [6, 6.07) is 11.0. The van der Waals surface area contributed by atoms with Crippen molar-refractivity contribution in [2.75, 3.05) is 38.5 Å². The van der Waals surface area contributed by atoms with Crippen LogP contribution >= 0.6 is 0 Å². The van der Waals surface area contributed by atoms with Gasteiger partial charge in [-0.05, 0) is 38.8 Å². The Kier molecular flexibility index (Phi) is 9.03. The van der Waals surface area contributed by atoms with E-state index in [4.69, 9.17) is 4.99 Å². The zero-order valence-corrected chi connectivity index (χ0v) is 17.3. The van der Waals surface area contributed by atoms with Gasteiger partial charge in [0, 0.05) is 32.2 Å². The van der Waals surface area contributed by atoms with Gasteiger partial charge in [0.05, 0.1) is 12.3 Å². The molecule has 1 fully saturated rings. The number of likely N-dealkylation sites (tertiary alicyclic amines) is 1. The molecule has 1 aliphatic rings. The molecule has 1 aromatic rings. The van der Waals surface area contributed by atoms with Crippen LogP contribution in [0.15, 0.2) is 35.3 Å². The Morgan fingerprint density at radius 2 is 1.96 bits per heavy atom. The van der Waals surface area contributed by atoms with E-state index >= 15 is 0 Å². The van der Waals surface area contributed by atoms with E-state index in [2.05, 4.69) is 44.5 Å². The number of hydrogen-bond donors (Lipinski definition) is 3. The number of sulfonamides is 1. The van der Waals surface area contributed by atoms with Crippen LogP contribution < -0.4 is 15.4 Å². The van der Waals surface area contributed by atoms with E-state index in [0.717, 1.165) is 38.6 Å². The van der Waals surface area contributed by atoms with E-state index in [1.807, 2.05) is 13.0 Å². The fourth-order valence-electron chi connectivity index (χ4n) is 3.16. The van der Waals surface area contributed by atoms with Gasteiger partial charge in [0.2, 0.25) is 10.0 Å². The van der Waals surface area contributed by atoms with Crippen molar-refractivity contribution in [2.45, 2.75) is 39.3 Å². The smallest absolute Gasteiger partial charge is 0.211 e. The van der Waals surface area contributed by atoms with Crippen LogP contribution in [0.5, 0.6) is 0 Å². The lowest BCUT2D eigenvalue weighted by molar-refractivity contribution is 0.250. The first-order valence-corrected chi connectivity index (χ1v) is 11.5. The Balaban J connectivity index is 1.83. The monoisotopic (exact) mass is 395 g/mol. The average Bonchev–Trinajstić information content (AvgIpc) is 3.11. The number of nitrogens with zero attached hydrogens (tertiary/aromatic N) is 2. The summed E-state index contributed by atoms with van der Waals surface area (Å²) in [6.07, 6.45) is 2.36. The largest absolute Gasteiger partial charge is 0.357 e. The number of rotatable bonds is 10. The maximum absolute atomic E-state index is 11.5. The first-order chi connectivity index (χ1) is 13.0. The van der Waals surface area contributed by atoms with Crippen molar-refractivity contribution >= 4 is 16.0 Å². The second-order valence-electron chi connectivity index (χ2n) is 6.70. The Hall–Kier alpha value is -1.64. The highest BCUT2D eigenvalue weighted by Gasteiger charge is 2.24. The minimum Gasteiger partial charge on any atom is -0.357 e. The average molecular weight is 396 g/mol. The van der Waals surface area contributed by atoms with E-state index < -0.39 is 10.0 Å².